The SMILES string of the molecule is CC.CC(C)(C)OC(=O)N1CC(N2C(=O)COc3cc(F)ccc32)C1. The van der Waals surface area contributed by atoms with Crippen LogP contribution in [0.1, 0.15) is 34.6 Å². The third-order valence-electron chi connectivity index (χ3n) is 3.68. The van der Waals surface area contributed by atoms with Crippen LogP contribution < -0.4 is 9.64 Å². The molecule has 0 atom stereocenters. The highest BCUT2D eigenvalue weighted by Gasteiger charge is 2.41. The molecule has 0 N–H and O–H groups in total. The molecule has 2 aliphatic rings. The lowest BCUT2D eigenvalue weighted by atomic mass is 10.1. The second-order valence-corrected chi connectivity index (χ2v) is 6.70. The van der Waals surface area contributed by atoms with Gasteiger partial charge in [0.05, 0.1) is 11.7 Å². The minimum atomic E-state index is -0.554. The monoisotopic (exact) mass is 352 g/mol. The maximum Gasteiger partial charge on any atom is 0.410 e. The lowest BCUT2D eigenvalue weighted by molar-refractivity contribution is -0.122. The van der Waals surface area contributed by atoms with Gasteiger partial charge >= 0.3 is 6.09 Å². The number of likely N-dealkylation sites (tertiary alicyclic amines) is 1. The van der Waals surface area contributed by atoms with Crippen LogP contribution in [0.4, 0.5) is 14.9 Å². The van der Waals surface area contributed by atoms with Crippen molar-refractivity contribution in [2.75, 3.05) is 24.6 Å². The Balaban J connectivity index is 0.00000109. The van der Waals surface area contributed by atoms with E-state index >= 15 is 0 Å². The minimum Gasteiger partial charge on any atom is -0.481 e. The molecule has 0 aromatic heterocycles. The number of rotatable bonds is 1. The van der Waals surface area contributed by atoms with Gasteiger partial charge in [-0.1, -0.05) is 13.8 Å². The fourth-order valence-electron chi connectivity index (χ4n) is 2.64. The zero-order chi connectivity index (χ0) is 18.8. The number of anilines is 1. The van der Waals surface area contributed by atoms with Gasteiger partial charge in [-0.3, -0.25) is 9.69 Å². The molecule has 0 spiro atoms. The van der Waals surface area contributed by atoms with Gasteiger partial charge in [0.1, 0.15) is 17.2 Å². The van der Waals surface area contributed by atoms with Gasteiger partial charge in [0.2, 0.25) is 0 Å². The smallest absolute Gasteiger partial charge is 0.410 e. The van der Waals surface area contributed by atoms with Crippen molar-refractivity contribution < 1.29 is 23.5 Å². The Morgan fingerprint density at radius 3 is 2.52 bits per heavy atom. The Bertz CT molecular complexity index is 651. The summed E-state index contributed by atoms with van der Waals surface area (Å²) in [5, 5.41) is 0. The number of ether oxygens (including phenoxy) is 2. The highest BCUT2D eigenvalue weighted by atomic mass is 19.1. The van der Waals surface area contributed by atoms with Crippen LogP contribution in [0, 0.1) is 5.82 Å². The van der Waals surface area contributed by atoms with E-state index < -0.39 is 17.5 Å². The second kappa shape index (κ2) is 7.29. The Morgan fingerprint density at radius 2 is 1.92 bits per heavy atom. The first-order valence-corrected chi connectivity index (χ1v) is 8.47. The number of benzene rings is 1. The highest BCUT2D eigenvalue weighted by molar-refractivity contribution is 5.98. The average molecular weight is 352 g/mol. The van der Waals surface area contributed by atoms with Crippen LogP contribution in [0.5, 0.6) is 5.75 Å². The average Bonchev–Trinajstić information content (AvgIpc) is 2.48. The first-order valence-electron chi connectivity index (χ1n) is 8.47. The van der Waals surface area contributed by atoms with Crippen LogP contribution in [0.25, 0.3) is 0 Å². The molecular weight excluding hydrogens is 327 g/mol. The maximum absolute atomic E-state index is 13.3. The van der Waals surface area contributed by atoms with Gasteiger partial charge in [-0.05, 0) is 32.9 Å². The molecule has 2 amide bonds. The molecule has 1 saturated heterocycles. The first-order chi connectivity index (χ1) is 11.7. The van der Waals surface area contributed by atoms with Crippen molar-refractivity contribution in [1.82, 2.24) is 4.90 Å². The molecule has 1 aromatic carbocycles. The van der Waals surface area contributed by atoms with E-state index in [1.54, 1.807) is 30.6 Å². The standard InChI is InChI=1S/C16H19FN2O4.C2H6/c1-16(2,3)23-15(21)18-7-11(8-18)19-12-5-4-10(17)6-13(12)22-9-14(19)20;1-2/h4-6,11H,7-9H2,1-3H3;1-2H3. The van der Waals surface area contributed by atoms with Gasteiger partial charge in [0, 0.05) is 19.2 Å². The summed E-state index contributed by atoms with van der Waals surface area (Å²) in [4.78, 5) is 27.2. The van der Waals surface area contributed by atoms with Crippen molar-refractivity contribution in [3.63, 3.8) is 0 Å². The van der Waals surface area contributed by atoms with Crippen LogP contribution in [-0.4, -0.2) is 48.2 Å². The van der Waals surface area contributed by atoms with Crippen LogP contribution >= 0.6 is 0 Å². The van der Waals surface area contributed by atoms with Crippen LogP contribution in [0.3, 0.4) is 0 Å². The first kappa shape index (κ1) is 19.0. The van der Waals surface area contributed by atoms with E-state index in [-0.39, 0.29) is 18.6 Å². The summed E-state index contributed by atoms with van der Waals surface area (Å²) >= 11 is 0. The number of halogens is 1. The molecule has 1 aromatic rings. The van der Waals surface area contributed by atoms with E-state index in [1.165, 1.54) is 18.2 Å². The summed E-state index contributed by atoms with van der Waals surface area (Å²) in [5.74, 6) is -0.264. The second-order valence-electron chi connectivity index (χ2n) is 6.70. The van der Waals surface area contributed by atoms with Crippen molar-refractivity contribution >= 4 is 17.7 Å². The van der Waals surface area contributed by atoms with Crippen LogP contribution in [-0.2, 0) is 9.53 Å². The molecule has 138 valence electrons. The largest absolute Gasteiger partial charge is 0.481 e. The molecule has 2 heterocycles. The summed E-state index contributed by atoms with van der Waals surface area (Å²) in [6.07, 6.45) is -0.395. The number of nitrogens with zero attached hydrogens (tertiary/aromatic N) is 2. The van der Waals surface area contributed by atoms with E-state index in [0.717, 1.165) is 0 Å². The molecule has 1 fully saturated rings. The van der Waals surface area contributed by atoms with Crippen LogP contribution in [0.15, 0.2) is 18.2 Å². The van der Waals surface area contributed by atoms with Gasteiger partial charge in [0.15, 0.2) is 6.61 Å². The van der Waals surface area contributed by atoms with Gasteiger partial charge in [0.25, 0.3) is 5.91 Å². The fraction of sp³-hybridized carbons (Fsp3) is 0.556. The Labute approximate surface area is 147 Å². The third kappa shape index (κ3) is 4.21. The third-order valence-corrected chi connectivity index (χ3v) is 3.68. The molecule has 0 bridgehead atoms. The molecule has 0 unspecified atom stereocenters. The zero-order valence-corrected chi connectivity index (χ0v) is 15.3. The number of carbonyl (C=O) groups excluding carboxylic acids is 2. The maximum atomic E-state index is 13.3. The zero-order valence-electron chi connectivity index (χ0n) is 15.3. The van der Waals surface area contributed by atoms with Crippen molar-refractivity contribution in [3.05, 3.63) is 24.0 Å². The number of fused-ring (bicyclic) bond motifs is 1. The van der Waals surface area contributed by atoms with Crippen molar-refractivity contribution in [2.45, 2.75) is 46.3 Å². The van der Waals surface area contributed by atoms with E-state index in [1.807, 2.05) is 13.8 Å². The van der Waals surface area contributed by atoms with E-state index in [4.69, 9.17) is 9.47 Å². The predicted octanol–water partition coefficient (Wildman–Crippen LogP) is 3.20. The van der Waals surface area contributed by atoms with Gasteiger partial charge in [-0.25, -0.2) is 9.18 Å². The van der Waals surface area contributed by atoms with Gasteiger partial charge in [-0.2, -0.15) is 0 Å². The summed E-state index contributed by atoms with van der Waals surface area (Å²) < 4.78 is 23.9. The normalized spacial score (nSPS) is 17.0. The predicted molar refractivity (Wildman–Crippen MR) is 92.3 cm³/mol. The molecule has 7 heteroatoms. The summed E-state index contributed by atoms with van der Waals surface area (Å²) in [7, 11) is 0. The van der Waals surface area contributed by atoms with E-state index in [0.29, 0.717) is 24.5 Å². The molecule has 0 aliphatic carbocycles. The molecule has 0 radical (unpaired) electrons. The molecule has 2 aliphatic heterocycles. The van der Waals surface area contributed by atoms with Crippen molar-refractivity contribution in [3.8, 4) is 5.75 Å². The van der Waals surface area contributed by atoms with Gasteiger partial charge in [-0.15, -0.1) is 0 Å². The molecule has 25 heavy (non-hydrogen) atoms. The molecule has 0 saturated carbocycles. The lowest BCUT2D eigenvalue weighted by Crippen LogP contribution is -2.64. The number of carbonyl (C=O) groups is 2. The number of amides is 2. The summed E-state index contributed by atoms with van der Waals surface area (Å²) in [5.41, 5.74) is -0.0161. The van der Waals surface area contributed by atoms with E-state index in [2.05, 4.69) is 0 Å². The number of hydrogen-bond acceptors (Lipinski definition) is 4. The Morgan fingerprint density at radius 1 is 1.28 bits per heavy atom. The Hall–Kier alpha value is -2.31. The van der Waals surface area contributed by atoms with Crippen molar-refractivity contribution in [1.29, 1.82) is 0 Å². The molecule has 6 nitrogen and oxygen atoms in total. The highest BCUT2D eigenvalue weighted by Crippen LogP contribution is 2.35. The van der Waals surface area contributed by atoms with Crippen LogP contribution in [0.2, 0.25) is 0 Å². The van der Waals surface area contributed by atoms with Crippen molar-refractivity contribution in [2.24, 2.45) is 0 Å². The van der Waals surface area contributed by atoms with Gasteiger partial charge < -0.3 is 14.4 Å². The molecule has 3 rings (SSSR count). The topological polar surface area (TPSA) is 59.1 Å². The summed E-state index contributed by atoms with van der Waals surface area (Å²) in [6.45, 7) is 10.1. The minimum absolute atomic E-state index is 0.126. The fourth-order valence-corrected chi connectivity index (χ4v) is 2.64. The molecular formula is C18H25FN2O4. The number of hydrogen-bond donors (Lipinski definition) is 0. The van der Waals surface area contributed by atoms with E-state index in [9.17, 15) is 14.0 Å². The lowest BCUT2D eigenvalue weighted by Gasteiger charge is -2.46. The Kier molecular flexibility index (Phi) is 5.55. The summed E-state index contributed by atoms with van der Waals surface area (Å²) in [6, 6.07) is 3.93. The quantitative estimate of drug-likeness (QED) is 0.779.